The molecule has 8 nitrogen and oxygen atoms in total. The van der Waals surface area contributed by atoms with E-state index in [0.717, 1.165) is 21.5 Å². The third kappa shape index (κ3) is 3.82. The third-order valence-corrected chi connectivity index (χ3v) is 5.26. The molecule has 0 spiro atoms. The summed E-state index contributed by atoms with van der Waals surface area (Å²) < 4.78 is 1.13. The van der Waals surface area contributed by atoms with Crippen LogP contribution in [0.1, 0.15) is 29.4 Å². The van der Waals surface area contributed by atoms with Gasteiger partial charge in [0.05, 0.1) is 17.6 Å². The van der Waals surface area contributed by atoms with Gasteiger partial charge in [-0.05, 0) is 50.2 Å². The van der Waals surface area contributed by atoms with Crippen LogP contribution in [0.5, 0.6) is 0 Å². The summed E-state index contributed by atoms with van der Waals surface area (Å²) in [5, 5.41) is 12.7. The normalized spacial score (nSPS) is 11.1. The molecule has 2 aromatic heterocycles. The van der Waals surface area contributed by atoms with Gasteiger partial charge in [-0.15, -0.1) is 11.3 Å². The zero-order chi connectivity index (χ0) is 20.4. The highest BCUT2D eigenvalue weighted by Crippen LogP contribution is 2.32. The fourth-order valence-corrected chi connectivity index (χ4v) is 3.52. The van der Waals surface area contributed by atoms with Gasteiger partial charge in [-0.25, -0.2) is 4.98 Å². The van der Waals surface area contributed by atoms with E-state index >= 15 is 0 Å². The van der Waals surface area contributed by atoms with Gasteiger partial charge in [0, 0.05) is 12.3 Å². The smallest absolute Gasteiger partial charge is 0.274 e. The van der Waals surface area contributed by atoms with Gasteiger partial charge in [-0.2, -0.15) is 14.9 Å². The fourth-order valence-electron chi connectivity index (χ4n) is 2.52. The molecule has 0 saturated carbocycles. The van der Waals surface area contributed by atoms with Crippen molar-refractivity contribution in [1.29, 1.82) is 0 Å². The van der Waals surface area contributed by atoms with Crippen LogP contribution in [0.4, 0.5) is 10.8 Å². The van der Waals surface area contributed by atoms with Crippen LogP contribution >= 0.6 is 23.6 Å². The molecule has 0 unspecified atom stereocenters. The predicted octanol–water partition coefficient (Wildman–Crippen LogP) is 3.25. The molecule has 1 amide bonds. The van der Waals surface area contributed by atoms with Crippen molar-refractivity contribution < 1.29 is 4.79 Å². The Morgan fingerprint density at radius 3 is 2.82 bits per heavy atom. The molecule has 3 rings (SSSR count). The van der Waals surface area contributed by atoms with E-state index in [1.807, 2.05) is 32.0 Å². The average Bonchev–Trinajstić information content (AvgIpc) is 3.10. The number of nitrogens with one attached hydrogen (secondary N) is 1. The average molecular weight is 415 g/mol. The van der Waals surface area contributed by atoms with Crippen LogP contribution in [0.3, 0.4) is 0 Å². The minimum atomic E-state index is -0.406. The zero-order valence-electron chi connectivity index (χ0n) is 15.8. The van der Waals surface area contributed by atoms with Crippen molar-refractivity contribution >= 4 is 46.5 Å². The van der Waals surface area contributed by atoms with Crippen molar-refractivity contribution in [2.75, 3.05) is 4.90 Å². The molecule has 0 aliphatic rings. The molecule has 3 aromatic rings. The van der Waals surface area contributed by atoms with E-state index in [1.165, 1.54) is 24.5 Å². The number of aromatic nitrogens is 4. The summed E-state index contributed by atoms with van der Waals surface area (Å²) in [6, 6.07) is 5.79. The lowest BCUT2D eigenvalue weighted by atomic mass is 10.1. The molecule has 28 heavy (non-hydrogen) atoms. The highest BCUT2D eigenvalue weighted by atomic mass is 32.1. The van der Waals surface area contributed by atoms with Crippen molar-refractivity contribution in [3.63, 3.8) is 0 Å². The largest absolute Gasteiger partial charge is 0.296 e. The molecule has 0 aliphatic heterocycles. The summed E-state index contributed by atoms with van der Waals surface area (Å²) in [5.74, 6) is -0.144. The Balaban J connectivity index is 1.98. The fraction of sp³-hybridized carbons (Fsp3) is 0.222. The number of thiazole rings is 1. The number of aromatic amines is 1. The topological polar surface area (TPSA) is 96.2 Å². The van der Waals surface area contributed by atoms with Crippen LogP contribution in [-0.2, 0) is 4.79 Å². The SMILES string of the molecule is CC(=O)N(c1nc(/C=N\n2c(=S)[nH]nc(C)c2=O)cs1)c1cccc(C)c1C. The Bertz CT molecular complexity index is 1190. The first-order valence-corrected chi connectivity index (χ1v) is 9.63. The molecule has 0 fully saturated rings. The first kappa shape index (κ1) is 19.8. The maximum atomic E-state index is 12.3. The number of H-pyrrole nitrogens is 1. The second-order valence-electron chi connectivity index (χ2n) is 6.10. The second-order valence-corrected chi connectivity index (χ2v) is 7.33. The number of hydrogen-bond donors (Lipinski definition) is 1. The molecule has 10 heteroatoms. The molecular weight excluding hydrogens is 396 g/mol. The van der Waals surface area contributed by atoms with Gasteiger partial charge in [0.1, 0.15) is 5.69 Å². The second kappa shape index (κ2) is 7.95. The van der Waals surface area contributed by atoms with Crippen LogP contribution in [-0.4, -0.2) is 32.0 Å². The first-order valence-electron chi connectivity index (χ1n) is 8.34. The molecule has 0 bridgehead atoms. The van der Waals surface area contributed by atoms with Crippen LogP contribution in [0, 0.1) is 25.5 Å². The van der Waals surface area contributed by atoms with E-state index in [2.05, 4.69) is 20.3 Å². The summed E-state index contributed by atoms with van der Waals surface area (Å²) in [7, 11) is 0. The lowest BCUT2D eigenvalue weighted by Crippen LogP contribution is -2.23. The number of aryl methyl sites for hydroxylation is 2. The highest BCUT2D eigenvalue weighted by Gasteiger charge is 2.20. The molecule has 0 atom stereocenters. The maximum absolute atomic E-state index is 12.3. The summed E-state index contributed by atoms with van der Waals surface area (Å²) in [4.78, 5) is 30.5. The predicted molar refractivity (Wildman–Crippen MR) is 112 cm³/mol. The van der Waals surface area contributed by atoms with Crippen molar-refractivity contribution in [3.8, 4) is 0 Å². The van der Waals surface area contributed by atoms with Gasteiger partial charge < -0.3 is 0 Å². The van der Waals surface area contributed by atoms with Crippen LogP contribution in [0.15, 0.2) is 33.5 Å². The summed E-state index contributed by atoms with van der Waals surface area (Å²) in [5.41, 5.74) is 3.23. The first-order chi connectivity index (χ1) is 13.3. The zero-order valence-corrected chi connectivity index (χ0v) is 17.4. The Morgan fingerprint density at radius 1 is 1.36 bits per heavy atom. The van der Waals surface area contributed by atoms with Crippen LogP contribution in [0.2, 0.25) is 0 Å². The summed E-state index contributed by atoms with van der Waals surface area (Å²) in [6.45, 7) is 7.02. The highest BCUT2D eigenvalue weighted by molar-refractivity contribution is 7.71. The number of carbonyl (C=O) groups is 1. The molecule has 144 valence electrons. The molecule has 2 heterocycles. The number of rotatable bonds is 4. The van der Waals surface area contributed by atoms with E-state index in [9.17, 15) is 9.59 Å². The summed E-state index contributed by atoms with van der Waals surface area (Å²) >= 11 is 6.36. The Kier molecular flexibility index (Phi) is 5.61. The molecule has 0 saturated heterocycles. The molecule has 1 aromatic carbocycles. The number of benzene rings is 1. The molecule has 0 aliphatic carbocycles. The number of nitrogens with zero attached hydrogens (tertiary/aromatic N) is 5. The van der Waals surface area contributed by atoms with Gasteiger partial charge in [-0.1, -0.05) is 12.1 Å². The van der Waals surface area contributed by atoms with Gasteiger partial charge in [0.15, 0.2) is 5.13 Å². The van der Waals surface area contributed by atoms with Crippen molar-refractivity contribution in [1.82, 2.24) is 19.9 Å². The number of anilines is 2. The van der Waals surface area contributed by atoms with Gasteiger partial charge in [0.2, 0.25) is 10.7 Å². The standard InChI is InChI=1S/C18H18N6O2S2/c1-10-6-5-7-15(11(10)2)23(13(4)25)18-20-14(9-28-18)8-19-24-16(26)12(3)21-22-17(24)27/h5-9H,1-4H3,(H,22,27)/b19-8-. The van der Waals surface area contributed by atoms with Crippen molar-refractivity contribution in [2.24, 2.45) is 5.10 Å². The van der Waals surface area contributed by atoms with E-state index in [4.69, 9.17) is 12.2 Å². The monoisotopic (exact) mass is 414 g/mol. The third-order valence-electron chi connectivity index (χ3n) is 4.15. The van der Waals surface area contributed by atoms with E-state index in [-0.39, 0.29) is 16.4 Å². The lowest BCUT2D eigenvalue weighted by molar-refractivity contribution is -0.115. The number of hydrogen-bond acceptors (Lipinski definition) is 7. The number of carbonyl (C=O) groups excluding carboxylic acids is 1. The quantitative estimate of drug-likeness (QED) is 0.522. The Labute approximate surface area is 170 Å². The Hall–Kier alpha value is -2.98. The van der Waals surface area contributed by atoms with E-state index in [0.29, 0.717) is 10.8 Å². The minimum absolute atomic E-state index is 0.0862. The van der Waals surface area contributed by atoms with E-state index < -0.39 is 5.56 Å². The van der Waals surface area contributed by atoms with E-state index in [1.54, 1.807) is 17.2 Å². The maximum Gasteiger partial charge on any atom is 0.296 e. The number of amides is 1. The van der Waals surface area contributed by atoms with Crippen molar-refractivity contribution in [2.45, 2.75) is 27.7 Å². The molecule has 0 radical (unpaired) electrons. The van der Waals surface area contributed by atoms with Gasteiger partial charge in [0.25, 0.3) is 5.56 Å². The Morgan fingerprint density at radius 2 is 2.11 bits per heavy atom. The van der Waals surface area contributed by atoms with Crippen molar-refractivity contribution in [3.05, 3.63) is 61.2 Å². The van der Waals surface area contributed by atoms with Gasteiger partial charge >= 0.3 is 0 Å². The molecule has 1 N–H and O–H groups in total. The molecular formula is C18H18N6O2S2. The lowest BCUT2D eigenvalue weighted by Gasteiger charge is -2.21. The van der Waals surface area contributed by atoms with Crippen LogP contribution < -0.4 is 10.5 Å². The minimum Gasteiger partial charge on any atom is -0.274 e. The summed E-state index contributed by atoms with van der Waals surface area (Å²) in [6.07, 6.45) is 1.42. The van der Waals surface area contributed by atoms with Crippen LogP contribution in [0.25, 0.3) is 0 Å². The van der Waals surface area contributed by atoms with Gasteiger partial charge in [-0.3, -0.25) is 19.6 Å².